The molecule has 0 bridgehead atoms. The van der Waals surface area contributed by atoms with Crippen molar-refractivity contribution in [3.8, 4) is 17.2 Å². The van der Waals surface area contributed by atoms with Crippen LogP contribution in [0.3, 0.4) is 0 Å². The van der Waals surface area contributed by atoms with Crippen LogP contribution in [-0.2, 0) is 5.75 Å². The van der Waals surface area contributed by atoms with Crippen molar-refractivity contribution in [2.75, 3.05) is 7.11 Å². The number of methoxy groups -OCH3 is 1. The van der Waals surface area contributed by atoms with Crippen molar-refractivity contribution < 1.29 is 13.5 Å². The van der Waals surface area contributed by atoms with E-state index in [1.54, 1.807) is 19.2 Å². The van der Waals surface area contributed by atoms with E-state index >= 15 is 0 Å². The maximum absolute atomic E-state index is 12.9. The predicted molar refractivity (Wildman–Crippen MR) is 82.2 cm³/mol. The summed E-state index contributed by atoms with van der Waals surface area (Å²) in [5.74, 6) is 1.48. The first-order valence-corrected chi connectivity index (χ1v) is 7.59. The maximum atomic E-state index is 12.9. The molecule has 0 atom stereocenters. The molecule has 4 nitrogen and oxygen atoms in total. The number of benzene rings is 2. The van der Waals surface area contributed by atoms with Crippen LogP contribution in [0.15, 0.2) is 58.2 Å². The highest BCUT2D eigenvalue weighted by molar-refractivity contribution is 7.98. The Morgan fingerprint density at radius 2 is 1.86 bits per heavy atom. The number of aromatic nitrogens is 2. The summed E-state index contributed by atoms with van der Waals surface area (Å²) in [6.07, 6.45) is 0. The number of hydrogen-bond acceptors (Lipinski definition) is 5. The summed E-state index contributed by atoms with van der Waals surface area (Å²) in [6.45, 7) is 0. The summed E-state index contributed by atoms with van der Waals surface area (Å²) >= 11 is 1.40. The lowest BCUT2D eigenvalue weighted by atomic mass is 10.2. The van der Waals surface area contributed by atoms with E-state index in [1.165, 1.54) is 23.9 Å². The van der Waals surface area contributed by atoms with Gasteiger partial charge in [-0.3, -0.25) is 0 Å². The molecule has 0 radical (unpaired) electrons. The molecule has 22 heavy (non-hydrogen) atoms. The zero-order valence-electron chi connectivity index (χ0n) is 11.8. The number of halogens is 1. The Balaban J connectivity index is 1.72. The second kappa shape index (κ2) is 6.62. The fourth-order valence-corrected chi connectivity index (χ4v) is 2.64. The molecule has 0 unspecified atom stereocenters. The number of ether oxygens (including phenoxy) is 1. The van der Waals surface area contributed by atoms with Gasteiger partial charge in [-0.25, -0.2) is 4.39 Å². The highest BCUT2D eigenvalue weighted by Crippen LogP contribution is 2.31. The first kappa shape index (κ1) is 14.6. The van der Waals surface area contributed by atoms with Gasteiger partial charge in [0.15, 0.2) is 0 Å². The third kappa shape index (κ3) is 3.28. The molecule has 1 aromatic heterocycles. The Morgan fingerprint density at radius 3 is 2.64 bits per heavy atom. The molecule has 6 heteroatoms. The zero-order valence-corrected chi connectivity index (χ0v) is 12.6. The van der Waals surface area contributed by atoms with Gasteiger partial charge in [0, 0.05) is 5.75 Å². The van der Waals surface area contributed by atoms with Gasteiger partial charge in [0.2, 0.25) is 0 Å². The lowest BCUT2D eigenvalue weighted by molar-refractivity contribution is 0.411. The molecule has 112 valence electrons. The Kier molecular flexibility index (Phi) is 4.39. The van der Waals surface area contributed by atoms with Crippen LogP contribution in [0.5, 0.6) is 5.75 Å². The molecule has 0 aliphatic carbocycles. The minimum atomic E-state index is -0.245. The first-order chi connectivity index (χ1) is 10.8. The molecular formula is C16H13FN2O2S. The highest BCUT2D eigenvalue weighted by atomic mass is 32.2. The van der Waals surface area contributed by atoms with Crippen LogP contribution in [-0.4, -0.2) is 17.3 Å². The van der Waals surface area contributed by atoms with E-state index in [9.17, 15) is 4.39 Å². The zero-order chi connectivity index (χ0) is 15.4. The van der Waals surface area contributed by atoms with Gasteiger partial charge >= 0.3 is 0 Å². The Morgan fingerprint density at radius 1 is 1.09 bits per heavy atom. The van der Waals surface area contributed by atoms with Gasteiger partial charge in [0.1, 0.15) is 11.6 Å². The monoisotopic (exact) mass is 316 g/mol. The van der Waals surface area contributed by atoms with Gasteiger partial charge in [0.25, 0.3) is 11.1 Å². The second-order valence-electron chi connectivity index (χ2n) is 4.49. The molecule has 3 aromatic rings. The lowest BCUT2D eigenvalue weighted by Crippen LogP contribution is -1.87. The number of thioether (sulfide) groups is 1. The number of rotatable bonds is 5. The Labute approximate surface area is 131 Å². The molecule has 0 aliphatic heterocycles. The van der Waals surface area contributed by atoms with Gasteiger partial charge in [-0.2, -0.15) is 0 Å². The summed E-state index contributed by atoms with van der Waals surface area (Å²) in [5, 5.41) is 8.52. The summed E-state index contributed by atoms with van der Waals surface area (Å²) in [6, 6.07) is 13.8. The number of nitrogens with zero attached hydrogens (tertiary/aromatic N) is 2. The van der Waals surface area contributed by atoms with Crippen LogP contribution in [0.25, 0.3) is 11.5 Å². The minimum Gasteiger partial charge on any atom is -0.496 e. The minimum absolute atomic E-state index is 0.245. The largest absolute Gasteiger partial charge is 0.496 e. The maximum Gasteiger partial charge on any atom is 0.277 e. The fraction of sp³-hybridized carbons (Fsp3) is 0.125. The van der Waals surface area contributed by atoms with Crippen LogP contribution in [0, 0.1) is 5.82 Å². The molecule has 2 aromatic carbocycles. The lowest BCUT2D eigenvalue weighted by Gasteiger charge is -2.03. The summed E-state index contributed by atoms with van der Waals surface area (Å²) in [5.41, 5.74) is 1.74. The van der Waals surface area contributed by atoms with Crippen molar-refractivity contribution in [3.63, 3.8) is 0 Å². The average molecular weight is 316 g/mol. The van der Waals surface area contributed by atoms with Crippen molar-refractivity contribution >= 4 is 11.8 Å². The van der Waals surface area contributed by atoms with E-state index in [-0.39, 0.29) is 5.82 Å². The van der Waals surface area contributed by atoms with Crippen molar-refractivity contribution in [2.24, 2.45) is 0 Å². The third-order valence-electron chi connectivity index (χ3n) is 3.02. The highest BCUT2D eigenvalue weighted by Gasteiger charge is 2.13. The standard InChI is InChI=1S/C16H13FN2O2S/c1-20-14-5-3-2-4-13(14)15-18-19-16(21-15)22-10-11-6-8-12(17)9-7-11/h2-9H,10H2,1H3. The van der Waals surface area contributed by atoms with Crippen LogP contribution in [0.4, 0.5) is 4.39 Å². The molecule has 0 fully saturated rings. The number of hydrogen-bond donors (Lipinski definition) is 0. The summed E-state index contributed by atoms with van der Waals surface area (Å²) in [7, 11) is 1.60. The van der Waals surface area contributed by atoms with Crippen LogP contribution < -0.4 is 4.74 Å². The van der Waals surface area contributed by atoms with E-state index in [1.807, 2.05) is 24.3 Å². The van der Waals surface area contributed by atoms with E-state index in [0.717, 1.165) is 11.1 Å². The third-order valence-corrected chi connectivity index (χ3v) is 3.91. The normalized spacial score (nSPS) is 10.6. The van der Waals surface area contributed by atoms with Crippen LogP contribution in [0.1, 0.15) is 5.56 Å². The predicted octanol–water partition coefficient (Wildman–Crippen LogP) is 4.18. The second-order valence-corrected chi connectivity index (χ2v) is 5.42. The molecule has 0 aliphatic rings. The van der Waals surface area contributed by atoms with E-state index in [2.05, 4.69) is 10.2 Å². The van der Waals surface area contributed by atoms with E-state index < -0.39 is 0 Å². The van der Waals surface area contributed by atoms with Crippen molar-refractivity contribution in [1.82, 2.24) is 10.2 Å². The smallest absolute Gasteiger partial charge is 0.277 e. The van der Waals surface area contributed by atoms with Gasteiger partial charge in [0.05, 0.1) is 12.7 Å². The topological polar surface area (TPSA) is 48.2 Å². The molecule has 3 rings (SSSR count). The fourth-order valence-electron chi connectivity index (χ4n) is 1.92. The molecule has 0 spiro atoms. The Bertz CT molecular complexity index is 759. The quantitative estimate of drug-likeness (QED) is 0.661. The number of para-hydroxylation sites is 1. The van der Waals surface area contributed by atoms with E-state index in [4.69, 9.17) is 9.15 Å². The molecule has 1 heterocycles. The SMILES string of the molecule is COc1ccccc1-c1nnc(SCc2ccc(F)cc2)o1. The molecule has 0 saturated carbocycles. The van der Waals surface area contributed by atoms with Crippen molar-refractivity contribution in [2.45, 2.75) is 11.0 Å². The van der Waals surface area contributed by atoms with Gasteiger partial charge < -0.3 is 9.15 Å². The van der Waals surface area contributed by atoms with Crippen LogP contribution in [0.2, 0.25) is 0 Å². The summed E-state index contributed by atoms with van der Waals surface area (Å²) in [4.78, 5) is 0. The van der Waals surface area contributed by atoms with Crippen molar-refractivity contribution in [1.29, 1.82) is 0 Å². The average Bonchev–Trinajstić information content (AvgIpc) is 3.03. The molecule has 0 amide bonds. The van der Waals surface area contributed by atoms with Gasteiger partial charge in [-0.05, 0) is 29.8 Å². The first-order valence-electron chi connectivity index (χ1n) is 6.60. The molecule has 0 saturated heterocycles. The van der Waals surface area contributed by atoms with Gasteiger partial charge in [-0.15, -0.1) is 10.2 Å². The van der Waals surface area contributed by atoms with Crippen molar-refractivity contribution in [3.05, 3.63) is 59.9 Å². The Hall–Kier alpha value is -2.34. The summed E-state index contributed by atoms with van der Waals surface area (Å²) < 4.78 is 23.8. The van der Waals surface area contributed by atoms with Crippen LogP contribution >= 0.6 is 11.8 Å². The van der Waals surface area contributed by atoms with Gasteiger partial charge in [-0.1, -0.05) is 36.0 Å². The molecular weight excluding hydrogens is 303 g/mol. The van der Waals surface area contributed by atoms with E-state index in [0.29, 0.717) is 22.6 Å². The molecule has 0 N–H and O–H groups in total.